The Kier molecular flexibility index (Phi) is 5.27. The van der Waals surface area contributed by atoms with E-state index in [1.807, 2.05) is 13.0 Å². The summed E-state index contributed by atoms with van der Waals surface area (Å²) in [4.78, 5) is 40.6. The first-order valence-electron chi connectivity index (χ1n) is 10.5. The highest BCUT2D eigenvalue weighted by atomic mass is 16.3. The Hall–Kier alpha value is -2.15. The lowest BCUT2D eigenvalue weighted by molar-refractivity contribution is -0.144. The predicted molar refractivity (Wildman–Crippen MR) is 103 cm³/mol. The molecular weight excluding hydrogens is 358 g/mol. The molecule has 4 atom stereocenters. The van der Waals surface area contributed by atoms with Gasteiger partial charge in [-0.15, -0.1) is 0 Å². The monoisotopic (exact) mass is 387 g/mol. The number of hydrogen-bond acceptors (Lipinski definition) is 4. The van der Waals surface area contributed by atoms with E-state index in [1.165, 1.54) is 6.07 Å². The van der Waals surface area contributed by atoms with Crippen LogP contribution >= 0.6 is 0 Å². The van der Waals surface area contributed by atoms with Crippen LogP contribution in [0.5, 0.6) is 0 Å². The number of aromatic nitrogens is 1. The first-order chi connectivity index (χ1) is 13.6. The Balaban J connectivity index is 1.76. The minimum Gasteiger partial charge on any atom is -0.396 e. The zero-order chi connectivity index (χ0) is 19.8. The lowest BCUT2D eigenvalue weighted by atomic mass is 9.88. The molecule has 0 aromatic carbocycles. The van der Waals surface area contributed by atoms with E-state index in [-0.39, 0.29) is 47.8 Å². The van der Waals surface area contributed by atoms with Gasteiger partial charge in [0.25, 0.3) is 5.56 Å². The van der Waals surface area contributed by atoms with Gasteiger partial charge in [-0.25, -0.2) is 0 Å². The van der Waals surface area contributed by atoms with Gasteiger partial charge in [-0.2, -0.15) is 0 Å². The van der Waals surface area contributed by atoms with Crippen molar-refractivity contribution < 1.29 is 14.7 Å². The van der Waals surface area contributed by atoms with Crippen LogP contribution in [0.3, 0.4) is 0 Å². The molecule has 0 spiro atoms. The van der Waals surface area contributed by atoms with E-state index in [0.29, 0.717) is 13.1 Å². The summed E-state index contributed by atoms with van der Waals surface area (Å²) in [5.41, 5.74) is 0.692. The molecule has 4 rings (SSSR count). The van der Waals surface area contributed by atoms with Crippen LogP contribution in [0.4, 0.5) is 0 Å². The summed E-state index contributed by atoms with van der Waals surface area (Å²) in [5, 5.41) is 13.1. The van der Waals surface area contributed by atoms with Crippen molar-refractivity contribution in [3.63, 3.8) is 0 Å². The maximum Gasteiger partial charge on any atom is 0.250 e. The fraction of sp³-hybridized carbons (Fsp3) is 0.667. The largest absolute Gasteiger partial charge is 0.396 e. The number of aliphatic hydroxyl groups is 1. The molecule has 1 aromatic heterocycles. The topological polar surface area (TPSA) is 91.6 Å². The van der Waals surface area contributed by atoms with Gasteiger partial charge in [0, 0.05) is 49.2 Å². The zero-order valence-electron chi connectivity index (χ0n) is 16.3. The van der Waals surface area contributed by atoms with Crippen molar-refractivity contribution in [2.45, 2.75) is 57.7 Å². The van der Waals surface area contributed by atoms with E-state index < -0.39 is 6.04 Å². The number of fused-ring (bicyclic) bond motifs is 3. The molecule has 1 aromatic rings. The second-order valence-electron chi connectivity index (χ2n) is 8.32. The van der Waals surface area contributed by atoms with E-state index in [4.69, 9.17) is 0 Å². The SMILES string of the molecule is CCCNC(=O)[C@@H]1[C@@H](CO)[C@@H]2Cn3c(cccc3=O)[C@@H]2N1C(=O)C1CCCC1. The van der Waals surface area contributed by atoms with Gasteiger partial charge in [-0.3, -0.25) is 14.4 Å². The number of aliphatic hydroxyl groups excluding tert-OH is 1. The van der Waals surface area contributed by atoms with Crippen molar-refractivity contribution in [2.24, 2.45) is 17.8 Å². The van der Waals surface area contributed by atoms with E-state index in [9.17, 15) is 19.5 Å². The summed E-state index contributed by atoms with van der Waals surface area (Å²) < 4.78 is 1.70. The Bertz CT molecular complexity index is 814. The second kappa shape index (κ2) is 7.70. The molecule has 1 saturated carbocycles. The lowest BCUT2D eigenvalue weighted by Gasteiger charge is -2.32. The molecule has 1 saturated heterocycles. The van der Waals surface area contributed by atoms with Crippen LogP contribution in [0.2, 0.25) is 0 Å². The molecule has 2 amide bonds. The van der Waals surface area contributed by atoms with E-state index >= 15 is 0 Å². The molecule has 28 heavy (non-hydrogen) atoms. The molecule has 3 heterocycles. The number of carbonyl (C=O) groups excluding carboxylic acids is 2. The van der Waals surface area contributed by atoms with Gasteiger partial charge in [-0.05, 0) is 25.3 Å². The van der Waals surface area contributed by atoms with Gasteiger partial charge in [0.05, 0.1) is 6.04 Å². The molecule has 1 aliphatic carbocycles. The highest BCUT2D eigenvalue weighted by Gasteiger charge is 2.57. The van der Waals surface area contributed by atoms with E-state index in [0.717, 1.165) is 37.8 Å². The van der Waals surface area contributed by atoms with Gasteiger partial charge in [-0.1, -0.05) is 25.8 Å². The normalized spacial score (nSPS) is 29.0. The number of rotatable bonds is 5. The van der Waals surface area contributed by atoms with Crippen molar-refractivity contribution in [2.75, 3.05) is 13.2 Å². The summed E-state index contributed by atoms with van der Waals surface area (Å²) in [6.45, 7) is 2.79. The van der Waals surface area contributed by atoms with Gasteiger partial charge in [0.15, 0.2) is 0 Å². The molecule has 3 aliphatic rings. The third kappa shape index (κ3) is 2.96. The third-order valence-corrected chi connectivity index (χ3v) is 6.73. The first-order valence-corrected chi connectivity index (χ1v) is 10.5. The molecule has 2 fully saturated rings. The number of likely N-dealkylation sites (tertiary alicyclic amines) is 1. The molecule has 0 unspecified atom stereocenters. The summed E-state index contributed by atoms with van der Waals surface area (Å²) in [6, 6.07) is 4.11. The highest BCUT2D eigenvalue weighted by Crippen LogP contribution is 2.50. The van der Waals surface area contributed by atoms with E-state index in [1.54, 1.807) is 15.5 Å². The highest BCUT2D eigenvalue weighted by molar-refractivity contribution is 5.90. The van der Waals surface area contributed by atoms with Crippen molar-refractivity contribution in [1.29, 1.82) is 0 Å². The third-order valence-electron chi connectivity index (χ3n) is 6.73. The van der Waals surface area contributed by atoms with Gasteiger partial charge in [0.2, 0.25) is 11.8 Å². The summed E-state index contributed by atoms with van der Waals surface area (Å²) in [6.07, 6.45) is 4.57. The Morgan fingerprint density at radius 3 is 2.68 bits per heavy atom. The minimum absolute atomic E-state index is 0.00449. The summed E-state index contributed by atoms with van der Waals surface area (Å²) >= 11 is 0. The molecule has 0 radical (unpaired) electrons. The summed E-state index contributed by atoms with van der Waals surface area (Å²) in [5.74, 6) is -0.741. The van der Waals surface area contributed by atoms with Crippen molar-refractivity contribution in [3.8, 4) is 0 Å². The molecule has 7 heteroatoms. The molecule has 2 aliphatic heterocycles. The van der Waals surface area contributed by atoms with Crippen LogP contribution in [0.1, 0.15) is 50.8 Å². The average Bonchev–Trinajstić information content (AvgIpc) is 3.40. The number of amides is 2. The van der Waals surface area contributed by atoms with E-state index in [2.05, 4.69) is 5.32 Å². The van der Waals surface area contributed by atoms with Crippen molar-refractivity contribution in [1.82, 2.24) is 14.8 Å². The molecule has 152 valence electrons. The van der Waals surface area contributed by atoms with Crippen LogP contribution in [0, 0.1) is 17.8 Å². The number of nitrogens with zero attached hydrogens (tertiary/aromatic N) is 2. The summed E-state index contributed by atoms with van der Waals surface area (Å²) in [7, 11) is 0. The number of hydrogen-bond donors (Lipinski definition) is 2. The van der Waals surface area contributed by atoms with Crippen LogP contribution in [0.15, 0.2) is 23.0 Å². The second-order valence-corrected chi connectivity index (χ2v) is 8.32. The Morgan fingerprint density at radius 2 is 2.00 bits per heavy atom. The molecule has 7 nitrogen and oxygen atoms in total. The maximum atomic E-state index is 13.5. The Morgan fingerprint density at radius 1 is 1.25 bits per heavy atom. The van der Waals surface area contributed by atoms with Crippen LogP contribution < -0.4 is 10.9 Å². The fourth-order valence-electron chi connectivity index (χ4n) is 5.42. The van der Waals surface area contributed by atoms with Gasteiger partial charge in [0.1, 0.15) is 6.04 Å². The predicted octanol–water partition coefficient (Wildman–Crippen LogP) is 1.05. The quantitative estimate of drug-likeness (QED) is 0.790. The number of pyridine rings is 1. The van der Waals surface area contributed by atoms with Crippen molar-refractivity contribution in [3.05, 3.63) is 34.2 Å². The van der Waals surface area contributed by atoms with Gasteiger partial charge >= 0.3 is 0 Å². The van der Waals surface area contributed by atoms with Crippen LogP contribution in [0.25, 0.3) is 0 Å². The first kappa shape index (κ1) is 19.2. The molecule has 0 bridgehead atoms. The van der Waals surface area contributed by atoms with Crippen LogP contribution in [-0.2, 0) is 16.1 Å². The van der Waals surface area contributed by atoms with Crippen molar-refractivity contribution >= 4 is 11.8 Å². The standard InChI is InChI=1S/C21H29N3O4/c1-2-10-22-20(27)19-15(12-25)14-11-23-16(8-5-9-17(23)26)18(14)24(19)21(28)13-6-3-4-7-13/h5,8-9,13-15,18-19,25H,2-4,6-7,10-12H2,1H3,(H,22,27)/t14-,15-,18+,19-/m0/s1. The lowest BCUT2D eigenvalue weighted by Crippen LogP contribution is -2.51. The maximum absolute atomic E-state index is 13.5. The Labute approximate surface area is 164 Å². The zero-order valence-corrected chi connectivity index (χ0v) is 16.3. The minimum atomic E-state index is -0.677. The van der Waals surface area contributed by atoms with Gasteiger partial charge < -0.3 is 19.9 Å². The smallest absolute Gasteiger partial charge is 0.250 e. The fourth-order valence-corrected chi connectivity index (χ4v) is 5.42. The molecule has 2 N–H and O–H groups in total. The van der Waals surface area contributed by atoms with Crippen LogP contribution in [-0.4, -0.2) is 45.6 Å². The number of nitrogens with one attached hydrogen (secondary N) is 1. The average molecular weight is 387 g/mol. The molecular formula is C21H29N3O4. The number of carbonyl (C=O) groups is 2.